The van der Waals surface area contributed by atoms with E-state index in [0.29, 0.717) is 5.75 Å². The van der Waals surface area contributed by atoms with Crippen molar-refractivity contribution in [1.29, 1.82) is 0 Å². The summed E-state index contributed by atoms with van der Waals surface area (Å²) in [4.78, 5) is 23.4. The Hall–Kier alpha value is -2.99. The summed E-state index contributed by atoms with van der Waals surface area (Å²) in [6.07, 6.45) is -0.734. The molecule has 2 N–H and O–H groups in total. The van der Waals surface area contributed by atoms with E-state index in [0.717, 1.165) is 21.9 Å². The van der Waals surface area contributed by atoms with E-state index in [-0.39, 0.29) is 12.4 Å². The van der Waals surface area contributed by atoms with Crippen molar-refractivity contribution in [3.63, 3.8) is 0 Å². The van der Waals surface area contributed by atoms with E-state index in [1.807, 2.05) is 66.7 Å². The molecule has 0 aliphatic carbocycles. The summed E-state index contributed by atoms with van der Waals surface area (Å²) in [6, 6.07) is 22.4. The summed E-state index contributed by atoms with van der Waals surface area (Å²) in [5.74, 6) is -0.174. The van der Waals surface area contributed by atoms with E-state index in [9.17, 15) is 14.7 Å². The maximum Gasteiger partial charge on any atom is 0.408 e. The Balaban J connectivity index is 1.51. The fraction of sp³-hybridized carbons (Fsp3) is 0.182. The average molecular weight is 395 g/mol. The SMILES string of the molecule is O=C(NC(CSCc1cccc2ccccc12)C(=O)O)OCc1ccccc1. The summed E-state index contributed by atoms with van der Waals surface area (Å²) in [5, 5.41) is 14.1. The molecule has 0 aromatic heterocycles. The highest BCUT2D eigenvalue weighted by molar-refractivity contribution is 7.98. The third-order valence-electron chi connectivity index (χ3n) is 4.22. The first-order valence-corrected chi connectivity index (χ1v) is 10.0. The Labute approximate surface area is 167 Å². The number of carbonyl (C=O) groups excluding carboxylic acids is 1. The third kappa shape index (κ3) is 5.50. The van der Waals surface area contributed by atoms with E-state index in [1.54, 1.807) is 0 Å². The standard InChI is InChI=1S/C22H21NO4S/c24-21(25)20(23-22(26)27-13-16-7-2-1-3-8-16)15-28-14-18-11-6-10-17-9-4-5-12-19(17)18/h1-12,20H,13-15H2,(H,23,26)(H,24,25). The fourth-order valence-corrected chi connectivity index (χ4v) is 3.84. The normalized spacial score (nSPS) is 11.7. The number of hydrogen-bond donors (Lipinski definition) is 2. The van der Waals surface area contributed by atoms with Gasteiger partial charge < -0.3 is 15.2 Å². The number of thioether (sulfide) groups is 1. The molecule has 0 fully saturated rings. The van der Waals surface area contributed by atoms with Crippen LogP contribution in [0.1, 0.15) is 11.1 Å². The molecule has 0 heterocycles. The second kappa shape index (κ2) is 9.80. The molecule has 144 valence electrons. The number of hydrogen-bond acceptors (Lipinski definition) is 4. The molecule has 28 heavy (non-hydrogen) atoms. The Morgan fingerprint density at radius 3 is 2.46 bits per heavy atom. The Morgan fingerprint density at radius 2 is 1.68 bits per heavy atom. The molecule has 0 aliphatic heterocycles. The maximum atomic E-state index is 11.9. The van der Waals surface area contributed by atoms with Gasteiger partial charge in [0.25, 0.3) is 0 Å². The van der Waals surface area contributed by atoms with Crippen molar-refractivity contribution in [2.75, 3.05) is 5.75 Å². The zero-order valence-electron chi connectivity index (χ0n) is 15.2. The minimum Gasteiger partial charge on any atom is -0.480 e. The lowest BCUT2D eigenvalue weighted by molar-refractivity contribution is -0.138. The largest absolute Gasteiger partial charge is 0.480 e. The van der Waals surface area contributed by atoms with E-state index in [2.05, 4.69) is 11.4 Å². The first-order valence-electron chi connectivity index (χ1n) is 8.88. The second-order valence-electron chi connectivity index (χ2n) is 6.25. The van der Waals surface area contributed by atoms with Gasteiger partial charge in [0.1, 0.15) is 12.6 Å². The first-order chi connectivity index (χ1) is 13.6. The van der Waals surface area contributed by atoms with Crippen LogP contribution in [-0.4, -0.2) is 29.0 Å². The van der Waals surface area contributed by atoms with Gasteiger partial charge >= 0.3 is 12.1 Å². The van der Waals surface area contributed by atoms with E-state index in [4.69, 9.17) is 4.74 Å². The van der Waals surface area contributed by atoms with Crippen LogP contribution in [-0.2, 0) is 21.9 Å². The van der Waals surface area contributed by atoms with Crippen LogP contribution in [0.2, 0.25) is 0 Å². The lowest BCUT2D eigenvalue weighted by Crippen LogP contribution is -2.42. The molecule has 0 spiro atoms. The number of ether oxygens (including phenoxy) is 1. The highest BCUT2D eigenvalue weighted by atomic mass is 32.2. The molecule has 0 aliphatic rings. The molecule has 3 aromatic carbocycles. The second-order valence-corrected chi connectivity index (χ2v) is 7.28. The Kier molecular flexibility index (Phi) is 6.92. The molecule has 1 atom stereocenters. The number of alkyl carbamates (subject to hydrolysis) is 1. The van der Waals surface area contributed by atoms with Crippen molar-refractivity contribution < 1.29 is 19.4 Å². The quantitative estimate of drug-likeness (QED) is 0.589. The van der Waals surface area contributed by atoms with Gasteiger partial charge in [0, 0.05) is 11.5 Å². The number of carboxylic acid groups (broad SMARTS) is 1. The zero-order chi connectivity index (χ0) is 19.8. The number of amides is 1. The number of carboxylic acids is 1. The average Bonchev–Trinajstić information content (AvgIpc) is 2.72. The summed E-state index contributed by atoms with van der Waals surface area (Å²) in [6.45, 7) is 0.0994. The molecule has 0 bridgehead atoms. The molecular weight excluding hydrogens is 374 g/mol. The minimum absolute atomic E-state index is 0.0994. The zero-order valence-corrected chi connectivity index (χ0v) is 16.0. The van der Waals surface area contributed by atoms with Gasteiger partial charge in [-0.3, -0.25) is 0 Å². The minimum atomic E-state index is -1.08. The van der Waals surface area contributed by atoms with Crippen LogP contribution >= 0.6 is 11.8 Å². The molecule has 5 nitrogen and oxygen atoms in total. The molecule has 3 aromatic rings. The number of aliphatic carboxylic acids is 1. The van der Waals surface area contributed by atoms with Crippen LogP contribution in [0.5, 0.6) is 0 Å². The molecule has 0 radical (unpaired) electrons. The molecule has 0 saturated heterocycles. The highest BCUT2D eigenvalue weighted by Crippen LogP contribution is 2.23. The molecule has 3 rings (SSSR count). The van der Waals surface area contributed by atoms with Crippen LogP contribution < -0.4 is 5.32 Å². The van der Waals surface area contributed by atoms with Crippen LogP contribution in [0.15, 0.2) is 72.8 Å². The summed E-state index contributed by atoms with van der Waals surface area (Å²) in [7, 11) is 0. The lowest BCUT2D eigenvalue weighted by atomic mass is 10.1. The number of nitrogens with one attached hydrogen (secondary N) is 1. The third-order valence-corrected chi connectivity index (χ3v) is 5.31. The van der Waals surface area contributed by atoms with Gasteiger partial charge in [-0.25, -0.2) is 9.59 Å². The fourth-order valence-electron chi connectivity index (χ4n) is 2.79. The monoisotopic (exact) mass is 395 g/mol. The molecule has 6 heteroatoms. The van der Waals surface area contributed by atoms with Crippen molar-refractivity contribution >= 4 is 34.6 Å². The molecular formula is C22H21NO4S. The number of fused-ring (bicyclic) bond motifs is 1. The van der Waals surface area contributed by atoms with Crippen molar-refractivity contribution in [3.05, 3.63) is 83.9 Å². The topological polar surface area (TPSA) is 75.6 Å². The van der Waals surface area contributed by atoms with Crippen LogP contribution in [0, 0.1) is 0 Å². The predicted octanol–water partition coefficient (Wildman–Crippen LogP) is 4.45. The number of rotatable bonds is 8. The van der Waals surface area contributed by atoms with Gasteiger partial charge in [-0.2, -0.15) is 11.8 Å². The summed E-state index contributed by atoms with van der Waals surface area (Å²) >= 11 is 1.46. The Bertz CT molecular complexity index is 940. The van der Waals surface area contributed by atoms with Gasteiger partial charge in [-0.1, -0.05) is 72.8 Å². The van der Waals surface area contributed by atoms with E-state index >= 15 is 0 Å². The number of carbonyl (C=O) groups is 2. The lowest BCUT2D eigenvalue weighted by Gasteiger charge is -2.15. The van der Waals surface area contributed by atoms with Crippen molar-refractivity contribution in [2.45, 2.75) is 18.4 Å². The van der Waals surface area contributed by atoms with Gasteiger partial charge in [0.2, 0.25) is 0 Å². The van der Waals surface area contributed by atoms with Crippen molar-refractivity contribution in [2.24, 2.45) is 0 Å². The van der Waals surface area contributed by atoms with Gasteiger partial charge in [-0.15, -0.1) is 0 Å². The maximum absolute atomic E-state index is 11.9. The Morgan fingerprint density at radius 1 is 0.964 bits per heavy atom. The summed E-state index contributed by atoms with van der Waals surface area (Å²) < 4.78 is 5.11. The van der Waals surface area contributed by atoms with Gasteiger partial charge in [0.15, 0.2) is 0 Å². The smallest absolute Gasteiger partial charge is 0.408 e. The van der Waals surface area contributed by atoms with Gasteiger partial charge in [-0.05, 0) is 21.9 Å². The molecule has 1 unspecified atom stereocenters. The van der Waals surface area contributed by atoms with Crippen LogP contribution in [0.3, 0.4) is 0 Å². The first kappa shape index (κ1) is 19.8. The van der Waals surface area contributed by atoms with Gasteiger partial charge in [0.05, 0.1) is 0 Å². The van der Waals surface area contributed by atoms with E-state index < -0.39 is 18.1 Å². The molecule has 0 saturated carbocycles. The summed E-state index contributed by atoms with van der Waals surface area (Å²) in [5.41, 5.74) is 1.98. The van der Waals surface area contributed by atoms with Crippen LogP contribution in [0.25, 0.3) is 10.8 Å². The number of benzene rings is 3. The predicted molar refractivity (Wildman–Crippen MR) is 111 cm³/mol. The van der Waals surface area contributed by atoms with Crippen molar-refractivity contribution in [1.82, 2.24) is 5.32 Å². The molecule has 1 amide bonds. The highest BCUT2D eigenvalue weighted by Gasteiger charge is 2.20. The van der Waals surface area contributed by atoms with Crippen LogP contribution in [0.4, 0.5) is 4.79 Å². The van der Waals surface area contributed by atoms with E-state index in [1.165, 1.54) is 11.8 Å². The van der Waals surface area contributed by atoms with Crippen molar-refractivity contribution in [3.8, 4) is 0 Å².